The summed E-state index contributed by atoms with van der Waals surface area (Å²) in [6.45, 7) is -0.105. The predicted molar refractivity (Wildman–Crippen MR) is 173 cm³/mol. The number of rotatable bonds is 14. The standard InChI is InChI=1S/C34H31F2N5O6S/c35-25-14-11-24(29(36)21-25)22-38-33(43)34(17-20-48(44,45)27-7-2-1-3-8-27)31(28-9-4-5-10-30(28)40-41-37)47-32(39-34)23-12-15-26(16-13-23)46-19-6-18-42/h1-5,7-16,21,31,42H,6,17-20,22H2,(H,38,43)/t31-,34-/m1/s1. The fourth-order valence-electron chi connectivity index (χ4n) is 5.23. The highest BCUT2D eigenvalue weighted by Gasteiger charge is 2.54. The van der Waals surface area contributed by atoms with Gasteiger partial charge in [-0.25, -0.2) is 22.2 Å². The van der Waals surface area contributed by atoms with E-state index < -0.39 is 44.8 Å². The van der Waals surface area contributed by atoms with Gasteiger partial charge in [-0.1, -0.05) is 53.6 Å². The molecule has 0 saturated heterocycles. The summed E-state index contributed by atoms with van der Waals surface area (Å²) in [4.78, 5) is 22.1. The molecule has 0 spiro atoms. The van der Waals surface area contributed by atoms with E-state index in [-0.39, 0.29) is 47.2 Å². The Hall–Kier alpha value is -5.30. The number of nitrogens with one attached hydrogen (secondary N) is 1. The van der Waals surface area contributed by atoms with E-state index in [0.29, 0.717) is 30.4 Å². The number of carbonyl (C=O) groups excluding carboxylic acids is 1. The summed E-state index contributed by atoms with van der Waals surface area (Å²) >= 11 is 0. The molecule has 4 aromatic carbocycles. The number of azide groups is 1. The van der Waals surface area contributed by atoms with Crippen LogP contribution in [0.2, 0.25) is 0 Å². The largest absolute Gasteiger partial charge is 0.494 e. The van der Waals surface area contributed by atoms with Crippen molar-refractivity contribution in [3.63, 3.8) is 0 Å². The minimum Gasteiger partial charge on any atom is -0.494 e. The van der Waals surface area contributed by atoms with Crippen molar-refractivity contribution in [1.82, 2.24) is 5.32 Å². The fraction of sp³-hybridized carbons (Fsp3) is 0.235. The first-order chi connectivity index (χ1) is 23.2. The third-order valence-corrected chi connectivity index (χ3v) is 9.44. The fourth-order valence-corrected chi connectivity index (χ4v) is 6.61. The Morgan fingerprint density at radius 1 is 1.04 bits per heavy atom. The summed E-state index contributed by atoms with van der Waals surface area (Å²) in [6, 6.07) is 23.6. The van der Waals surface area contributed by atoms with Gasteiger partial charge in [-0.15, -0.1) is 0 Å². The molecule has 11 nitrogen and oxygen atoms in total. The number of hydrogen-bond acceptors (Lipinski definition) is 8. The molecule has 0 saturated carbocycles. The van der Waals surface area contributed by atoms with Crippen LogP contribution >= 0.6 is 0 Å². The molecular formula is C34H31F2N5O6S. The smallest absolute Gasteiger partial charge is 0.252 e. The molecule has 1 aliphatic rings. The number of halogens is 2. The Kier molecular flexibility index (Phi) is 10.7. The van der Waals surface area contributed by atoms with E-state index in [1.165, 1.54) is 24.3 Å². The monoisotopic (exact) mass is 675 g/mol. The lowest BCUT2D eigenvalue weighted by molar-refractivity contribution is -0.129. The zero-order valence-corrected chi connectivity index (χ0v) is 26.3. The summed E-state index contributed by atoms with van der Waals surface area (Å²) in [5.74, 6) is -2.49. The maximum Gasteiger partial charge on any atom is 0.252 e. The second kappa shape index (κ2) is 15.1. The van der Waals surface area contributed by atoms with Crippen molar-refractivity contribution in [2.24, 2.45) is 10.1 Å². The highest BCUT2D eigenvalue weighted by atomic mass is 32.2. The summed E-state index contributed by atoms with van der Waals surface area (Å²) in [5.41, 5.74) is 8.14. The first-order valence-electron chi connectivity index (χ1n) is 14.9. The van der Waals surface area contributed by atoms with Crippen molar-refractivity contribution in [2.75, 3.05) is 19.0 Å². The first kappa shape index (κ1) is 34.0. The molecule has 248 valence electrons. The SMILES string of the molecule is [N-]=[N+]=Nc1ccccc1[C@H]1OC(c2ccc(OCCCO)cc2)=N[C@@]1(CCS(=O)(=O)c1ccccc1)C(=O)NCc1ccc(F)cc1F. The Bertz CT molecular complexity index is 1950. The molecule has 0 aromatic heterocycles. The van der Waals surface area contributed by atoms with Crippen LogP contribution < -0.4 is 10.1 Å². The van der Waals surface area contributed by atoms with Gasteiger partial charge in [0.15, 0.2) is 21.5 Å². The molecule has 0 fully saturated rings. The van der Waals surface area contributed by atoms with Crippen LogP contribution in [0.4, 0.5) is 14.5 Å². The van der Waals surface area contributed by atoms with Gasteiger partial charge in [0.2, 0.25) is 5.90 Å². The maximum atomic E-state index is 14.6. The zero-order chi connectivity index (χ0) is 34.1. The molecule has 0 radical (unpaired) electrons. The molecule has 1 heterocycles. The van der Waals surface area contributed by atoms with Crippen molar-refractivity contribution >= 4 is 27.3 Å². The van der Waals surface area contributed by atoms with Crippen molar-refractivity contribution in [3.8, 4) is 5.75 Å². The quantitative estimate of drug-likeness (QED) is 0.0710. The molecule has 5 rings (SSSR count). The van der Waals surface area contributed by atoms with E-state index in [1.54, 1.807) is 60.7 Å². The van der Waals surface area contributed by atoms with Crippen LogP contribution in [0.25, 0.3) is 10.4 Å². The molecule has 0 aliphatic carbocycles. The van der Waals surface area contributed by atoms with Crippen molar-refractivity contribution in [3.05, 3.63) is 136 Å². The average Bonchev–Trinajstić information content (AvgIpc) is 3.49. The van der Waals surface area contributed by atoms with Gasteiger partial charge in [-0.3, -0.25) is 4.79 Å². The highest BCUT2D eigenvalue weighted by Crippen LogP contribution is 2.46. The first-order valence-corrected chi connectivity index (χ1v) is 16.6. The molecule has 4 aromatic rings. The number of sulfone groups is 1. The van der Waals surface area contributed by atoms with E-state index >= 15 is 0 Å². The van der Waals surface area contributed by atoms with Crippen LogP contribution in [-0.2, 0) is 25.9 Å². The Labute approximate surface area is 275 Å². The average molecular weight is 676 g/mol. The van der Waals surface area contributed by atoms with E-state index in [0.717, 1.165) is 6.07 Å². The van der Waals surface area contributed by atoms with Crippen LogP contribution in [0.15, 0.2) is 112 Å². The molecule has 0 unspecified atom stereocenters. The molecule has 14 heteroatoms. The van der Waals surface area contributed by atoms with Crippen molar-refractivity contribution in [2.45, 2.75) is 35.9 Å². The van der Waals surface area contributed by atoms with Gasteiger partial charge in [-0.2, -0.15) is 0 Å². The highest BCUT2D eigenvalue weighted by molar-refractivity contribution is 7.91. The number of benzene rings is 4. The van der Waals surface area contributed by atoms with Gasteiger partial charge in [0.1, 0.15) is 17.4 Å². The Morgan fingerprint density at radius 3 is 2.48 bits per heavy atom. The third kappa shape index (κ3) is 7.63. The number of aliphatic hydroxyl groups excluding tert-OH is 1. The summed E-state index contributed by atoms with van der Waals surface area (Å²) in [6.07, 6.45) is -1.24. The van der Waals surface area contributed by atoms with E-state index in [4.69, 9.17) is 19.6 Å². The van der Waals surface area contributed by atoms with Crippen LogP contribution in [0.5, 0.6) is 5.75 Å². The zero-order valence-electron chi connectivity index (χ0n) is 25.5. The van der Waals surface area contributed by atoms with E-state index in [9.17, 15) is 27.5 Å². The molecule has 48 heavy (non-hydrogen) atoms. The number of carbonyl (C=O) groups is 1. The van der Waals surface area contributed by atoms with Crippen LogP contribution in [-0.4, -0.2) is 49.8 Å². The second-order valence-corrected chi connectivity index (χ2v) is 12.9. The van der Waals surface area contributed by atoms with Gasteiger partial charge < -0.3 is 19.9 Å². The van der Waals surface area contributed by atoms with Gasteiger partial charge in [0.05, 0.1) is 17.3 Å². The number of aliphatic hydroxyl groups is 1. The van der Waals surface area contributed by atoms with E-state index in [2.05, 4.69) is 15.3 Å². The lowest BCUT2D eigenvalue weighted by Gasteiger charge is -2.31. The van der Waals surface area contributed by atoms with E-state index in [1.807, 2.05) is 0 Å². The molecular weight excluding hydrogens is 644 g/mol. The van der Waals surface area contributed by atoms with Gasteiger partial charge in [0, 0.05) is 59.3 Å². The van der Waals surface area contributed by atoms with Crippen LogP contribution in [0.3, 0.4) is 0 Å². The van der Waals surface area contributed by atoms with Crippen LogP contribution in [0.1, 0.15) is 35.6 Å². The summed E-state index contributed by atoms with van der Waals surface area (Å²) in [7, 11) is -3.95. The van der Waals surface area contributed by atoms with Crippen molar-refractivity contribution in [1.29, 1.82) is 0 Å². The number of aliphatic imine (C=N–C) groups is 1. The Balaban J connectivity index is 1.60. The topological polar surface area (TPSA) is 163 Å². The lowest BCUT2D eigenvalue weighted by atomic mass is 9.84. The molecule has 2 N–H and O–H groups in total. The van der Waals surface area contributed by atoms with Gasteiger partial charge in [0.25, 0.3) is 5.91 Å². The number of hydrogen-bond donors (Lipinski definition) is 2. The molecule has 0 bridgehead atoms. The summed E-state index contributed by atoms with van der Waals surface area (Å²) in [5, 5.41) is 15.5. The van der Waals surface area contributed by atoms with Crippen molar-refractivity contribution < 1.29 is 36.6 Å². The molecule has 2 atom stereocenters. The summed E-state index contributed by atoms with van der Waals surface area (Å²) < 4.78 is 67.2. The Morgan fingerprint density at radius 2 is 1.77 bits per heavy atom. The van der Waals surface area contributed by atoms with Gasteiger partial charge >= 0.3 is 0 Å². The molecule has 1 aliphatic heterocycles. The maximum absolute atomic E-state index is 14.6. The number of ether oxygens (including phenoxy) is 2. The lowest BCUT2D eigenvalue weighted by Crippen LogP contribution is -2.49. The third-order valence-electron chi connectivity index (χ3n) is 7.71. The minimum atomic E-state index is -3.95. The minimum absolute atomic E-state index is 0.00197. The number of nitrogens with zero attached hydrogens (tertiary/aromatic N) is 4. The normalized spacial score (nSPS) is 17.1. The van der Waals surface area contributed by atoms with Gasteiger partial charge in [-0.05, 0) is 48.0 Å². The van der Waals surface area contributed by atoms with Crippen LogP contribution in [0, 0.1) is 11.6 Å². The molecule has 1 amide bonds. The number of amides is 1. The second-order valence-electron chi connectivity index (χ2n) is 10.8. The predicted octanol–water partition coefficient (Wildman–Crippen LogP) is 6.11.